The average Bonchev–Trinajstić information content (AvgIpc) is 2.84. The largest absolute Gasteiger partial charge is 0.459 e. The molecule has 1 amide bonds. The van der Waals surface area contributed by atoms with Gasteiger partial charge in [-0.15, -0.1) is 0 Å². The number of rotatable bonds is 3. The maximum absolute atomic E-state index is 11.6. The molecule has 0 aliphatic heterocycles. The molecule has 0 atom stereocenters. The van der Waals surface area contributed by atoms with Crippen LogP contribution in [0.15, 0.2) is 35.2 Å². The molecule has 2 aromatic heterocycles. The summed E-state index contributed by atoms with van der Waals surface area (Å²) in [6, 6.07) is 3.68. The summed E-state index contributed by atoms with van der Waals surface area (Å²) in [6.45, 7) is 2.34. The molecule has 2 N–H and O–H groups in total. The number of aryl methyl sites for hydroxylation is 1. The van der Waals surface area contributed by atoms with E-state index in [-0.39, 0.29) is 5.91 Å². The second-order valence-corrected chi connectivity index (χ2v) is 3.33. The first-order valence-corrected chi connectivity index (χ1v) is 4.71. The summed E-state index contributed by atoms with van der Waals surface area (Å²) in [5.41, 5.74) is 1.88. The molecule has 0 aliphatic rings. The summed E-state index contributed by atoms with van der Waals surface area (Å²) in [5, 5.41) is 2.78. The lowest BCUT2D eigenvalue weighted by Crippen LogP contribution is -2.22. The summed E-state index contributed by atoms with van der Waals surface area (Å²) < 4.78 is 5.08. The summed E-state index contributed by atoms with van der Waals surface area (Å²) >= 11 is 0. The third kappa shape index (κ3) is 2.10. The quantitative estimate of drug-likeness (QED) is 0.801. The van der Waals surface area contributed by atoms with Crippen molar-refractivity contribution in [3.63, 3.8) is 0 Å². The van der Waals surface area contributed by atoms with Crippen LogP contribution < -0.4 is 5.32 Å². The van der Waals surface area contributed by atoms with E-state index < -0.39 is 0 Å². The molecule has 15 heavy (non-hydrogen) atoms. The highest BCUT2D eigenvalue weighted by atomic mass is 16.3. The van der Waals surface area contributed by atoms with Crippen LogP contribution in [-0.4, -0.2) is 10.9 Å². The highest BCUT2D eigenvalue weighted by Gasteiger charge is 2.11. The highest BCUT2D eigenvalue weighted by molar-refractivity contribution is 5.92. The molecular formula is C11H12N2O2. The number of amides is 1. The van der Waals surface area contributed by atoms with Crippen molar-refractivity contribution in [3.05, 3.63) is 47.7 Å². The van der Waals surface area contributed by atoms with Gasteiger partial charge in [0.05, 0.1) is 6.26 Å². The molecule has 0 spiro atoms. The van der Waals surface area contributed by atoms with Crippen LogP contribution in [0.1, 0.15) is 21.7 Å². The number of H-pyrrole nitrogens is 1. The van der Waals surface area contributed by atoms with Crippen LogP contribution in [0.5, 0.6) is 0 Å². The van der Waals surface area contributed by atoms with E-state index in [1.165, 1.54) is 6.26 Å². The molecule has 0 radical (unpaired) electrons. The van der Waals surface area contributed by atoms with Crippen LogP contribution in [0.25, 0.3) is 0 Å². The Morgan fingerprint density at radius 2 is 2.40 bits per heavy atom. The number of hydrogen-bond acceptors (Lipinski definition) is 2. The molecule has 2 aromatic rings. The lowest BCUT2D eigenvalue weighted by Gasteiger charge is -2.01. The van der Waals surface area contributed by atoms with Crippen molar-refractivity contribution < 1.29 is 9.21 Å². The Kier molecular flexibility index (Phi) is 2.58. The van der Waals surface area contributed by atoms with E-state index in [9.17, 15) is 4.79 Å². The first kappa shape index (κ1) is 9.58. The lowest BCUT2D eigenvalue weighted by atomic mass is 10.2. The third-order valence-electron chi connectivity index (χ3n) is 2.18. The topological polar surface area (TPSA) is 58.0 Å². The maximum Gasteiger partial charge on any atom is 0.287 e. The minimum Gasteiger partial charge on any atom is -0.459 e. The molecule has 4 heteroatoms. The number of nitrogens with one attached hydrogen (secondary N) is 2. The normalized spacial score (nSPS) is 10.2. The van der Waals surface area contributed by atoms with Gasteiger partial charge in [0, 0.05) is 24.5 Å². The molecule has 0 aliphatic carbocycles. The van der Waals surface area contributed by atoms with Crippen molar-refractivity contribution >= 4 is 5.91 Å². The minimum absolute atomic E-state index is 0.182. The smallest absolute Gasteiger partial charge is 0.287 e. The van der Waals surface area contributed by atoms with Crippen molar-refractivity contribution in [3.8, 4) is 0 Å². The molecule has 0 unspecified atom stereocenters. The first-order chi connectivity index (χ1) is 7.27. The zero-order valence-electron chi connectivity index (χ0n) is 8.41. The molecule has 0 saturated carbocycles. The van der Waals surface area contributed by atoms with E-state index >= 15 is 0 Å². The summed E-state index contributed by atoms with van der Waals surface area (Å²) in [6.07, 6.45) is 5.18. The van der Waals surface area contributed by atoms with Gasteiger partial charge in [0.25, 0.3) is 5.91 Å². The van der Waals surface area contributed by atoms with Gasteiger partial charge in [0.2, 0.25) is 0 Å². The third-order valence-corrected chi connectivity index (χ3v) is 2.18. The van der Waals surface area contributed by atoms with Gasteiger partial charge in [0.15, 0.2) is 5.76 Å². The van der Waals surface area contributed by atoms with E-state index in [1.54, 1.807) is 6.07 Å². The van der Waals surface area contributed by atoms with Crippen molar-refractivity contribution in [2.75, 3.05) is 0 Å². The van der Waals surface area contributed by atoms with E-state index in [2.05, 4.69) is 10.3 Å². The van der Waals surface area contributed by atoms with Crippen LogP contribution in [0, 0.1) is 6.92 Å². The van der Waals surface area contributed by atoms with Gasteiger partial charge in [-0.3, -0.25) is 4.79 Å². The Morgan fingerprint density at radius 1 is 1.53 bits per heavy atom. The van der Waals surface area contributed by atoms with E-state index in [0.29, 0.717) is 12.3 Å². The van der Waals surface area contributed by atoms with Gasteiger partial charge in [-0.25, -0.2) is 0 Å². The van der Waals surface area contributed by atoms with Gasteiger partial charge in [-0.1, -0.05) is 0 Å². The number of furan rings is 1. The Bertz CT molecular complexity index is 443. The summed E-state index contributed by atoms with van der Waals surface area (Å²) in [7, 11) is 0. The van der Waals surface area contributed by atoms with E-state index in [1.807, 2.05) is 25.4 Å². The Hall–Kier alpha value is -1.97. The average molecular weight is 204 g/mol. The SMILES string of the molecule is Cc1ccoc1C(=O)NCc1cc[nH]c1. The Labute approximate surface area is 87.3 Å². The lowest BCUT2D eigenvalue weighted by molar-refractivity contribution is 0.0922. The number of hydrogen-bond donors (Lipinski definition) is 2. The number of aromatic nitrogens is 1. The first-order valence-electron chi connectivity index (χ1n) is 4.71. The number of carbonyl (C=O) groups is 1. The molecule has 0 fully saturated rings. The predicted octanol–water partition coefficient (Wildman–Crippen LogP) is 1.85. The van der Waals surface area contributed by atoms with E-state index in [0.717, 1.165) is 11.1 Å². The van der Waals surface area contributed by atoms with Crippen LogP contribution >= 0.6 is 0 Å². The number of carbonyl (C=O) groups excluding carboxylic acids is 1. The van der Waals surface area contributed by atoms with Gasteiger partial charge in [0.1, 0.15) is 0 Å². The monoisotopic (exact) mass is 204 g/mol. The Morgan fingerprint density at radius 3 is 3.00 bits per heavy atom. The van der Waals surface area contributed by atoms with Crippen molar-refractivity contribution in [2.24, 2.45) is 0 Å². The van der Waals surface area contributed by atoms with Crippen molar-refractivity contribution in [1.29, 1.82) is 0 Å². The predicted molar refractivity (Wildman–Crippen MR) is 55.4 cm³/mol. The van der Waals surface area contributed by atoms with Crippen molar-refractivity contribution in [2.45, 2.75) is 13.5 Å². The van der Waals surface area contributed by atoms with Gasteiger partial charge < -0.3 is 14.7 Å². The van der Waals surface area contributed by atoms with Crippen molar-refractivity contribution in [1.82, 2.24) is 10.3 Å². The molecular weight excluding hydrogens is 192 g/mol. The summed E-state index contributed by atoms with van der Waals surface area (Å²) in [5.74, 6) is 0.198. The van der Waals surface area contributed by atoms with Crippen LogP contribution in [0.4, 0.5) is 0 Å². The molecule has 0 bridgehead atoms. The second kappa shape index (κ2) is 4.04. The standard InChI is InChI=1S/C11H12N2O2/c1-8-3-5-15-10(8)11(14)13-7-9-2-4-12-6-9/h2-6,12H,7H2,1H3,(H,13,14). The van der Waals surface area contributed by atoms with E-state index in [4.69, 9.17) is 4.42 Å². The molecule has 2 heterocycles. The van der Waals surface area contributed by atoms with Gasteiger partial charge in [-0.2, -0.15) is 0 Å². The Balaban J connectivity index is 1.96. The molecule has 0 saturated heterocycles. The van der Waals surface area contributed by atoms with Crippen LogP contribution in [-0.2, 0) is 6.54 Å². The molecule has 4 nitrogen and oxygen atoms in total. The molecule has 0 aromatic carbocycles. The van der Waals surface area contributed by atoms with Gasteiger partial charge in [-0.05, 0) is 24.6 Å². The maximum atomic E-state index is 11.6. The fourth-order valence-corrected chi connectivity index (χ4v) is 1.34. The second-order valence-electron chi connectivity index (χ2n) is 3.33. The fraction of sp³-hybridized carbons (Fsp3) is 0.182. The highest BCUT2D eigenvalue weighted by Crippen LogP contribution is 2.08. The zero-order valence-corrected chi connectivity index (χ0v) is 8.41. The zero-order chi connectivity index (χ0) is 10.7. The molecule has 78 valence electrons. The molecule has 2 rings (SSSR count). The summed E-state index contributed by atoms with van der Waals surface area (Å²) in [4.78, 5) is 14.5. The fourth-order valence-electron chi connectivity index (χ4n) is 1.34. The van der Waals surface area contributed by atoms with Crippen LogP contribution in [0.3, 0.4) is 0 Å². The number of aromatic amines is 1. The minimum atomic E-state index is -0.182. The van der Waals surface area contributed by atoms with Gasteiger partial charge >= 0.3 is 0 Å². The van der Waals surface area contributed by atoms with Crippen LogP contribution in [0.2, 0.25) is 0 Å².